The fourth-order valence-electron chi connectivity index (χ4n) is 2.77. The molecule has 0 bridgehead atoms. The van der Waals surface area contributed by atoms with Crippen LogP contribution < -0.4 is 4.74 Å². The van der Waals surface area contributed by atoms with Crippen LogP contribution in [0.2, 0.25) is 5.02 Å². The molecule has 0 aliphatic heterocycles. The average Bonchev–Trinajstić information content (AvgIpc) is 3.15. The van der Waals surface area contributed by atoms with Crippen molar-refractivity contribution in [2.24, 2.45) is 0 Å². The smallest absolute Gasteiger partial charge is 0.196 e. The topological polar surface area (TPSA) is 52.8 Å². The van der Waals surface area contributed by atoms with E-state index < -0.39 is 0 Å². The Morgan fingerprint density at radius 1 is 1.12 bits per heavy atom. The molecule has 0 saturated carbocycles. The van der Waals surface area contributed by atoms with Gasteiger partial charge in [-0.3, -0.25) is 9.55 Å². The van der Waals surface area contributed by atoms with Crippen molar-refractivity contribution in [3.05, 3.63) is 71.6 Å². The predicted octanol–water partition coefficient (Wildman–Crippen LogP) is 4.77. The molecule has 2 heterocycles. The van der Waals surface area contributed by atoms with E-state index in [0.29, 0.717) is 10.8 Å². The van der Waals surface area contributed by atoms with E-state index >= 15 is 0 Å². The van der Waals surface area contributed by atoms with Crippen LogP contribution in [-0.4, -0.2) is 26.9 Å². The molecule has 0 unspecified atom stereocenters. The van der Waals surface area contributed by atoms with Crippen LogP contribution in [0, 0.1) is 0 Å². The van der Waals surface area contributed by atoms with Crippen LogP contribution in [-0.2, 0) is 5.75 Å². The van der Waals surface area contributed by atoms with Crippen LogP contribution >= 0.6 is 23.4 Å². The number of aromatic nitrogens is 4. The molecular formula is C19H15ClN4OS. The number of ether oxygens (including phenoxy) is 1. The van der Waals surface area contributed by atoms with Crippen LogP contribution in [0.25, 0.3) is 16.6 Å². The van der Waals surface area contributed by atoms with Gasteiger partial charge < -0.3 is 4.74 Å². The van der Waals surface area contributed by atoms with Gasteiger partial charge >= 0.3 is 0 Å². The average molecular weight is 383 g/mol. The summed E-state index contributed by atoms with van der Waals surface area (Å²) >= 11 is 7.99. The van der Waals surface area contributed by atoms with Gasteiger partial charge in [0.2, 0.25) is 0 Å². The lowest BCUT2D eigenvalue weighted by Gasteiger charge is -2.11. The molecule has 4 rings (SSSR count). The zero-order valence-corrected chi connectivity index (χ0v) is 15.5. The van der Waals surface area contributed by atoms with Crippen molar-refractivity contribution in [2.45, 2.75) is 10.9 Å². The monoisotopic (exact) mass is 382 g/mol. The molecule has 2 aromatic carbocycles. The summed E-state index contributed by atoms with van der Waals surface area (Å²) in [5.74, 6) is 1.40. The van der Waals surface area contributed by atoms with Gasteiger partial charge in [0.05, 0.1) is 18.3 Å². The Hall–Kier alpha value is -2.57. The summed E-state index contributed by atoms with van der Waals surface area (Å²) in [7, 11) is 1.65. The van der Waals surface area contributed by atoms with E-state index in [2.05, 4.69) is 15.2 Å². The maximum atomic E-state index is 6.43. The Kier molecular flexibility index (Phi) is 4.77. The highest BCUT2D eigenvalue weighted by atomic mass is 35.5. The van der Waals surface area contributed by atoms with Crippen molar-refractivity contribution in [3.8, 4) is 11.4 Å². The van der Waals surface area contributed by atoms with Gasteiger partial charge in [-0.05, 0) is 24.3 Å². The molecule has 26 heavy (non-hydrogen) atoms. The van der Waals surface area contributed by atoms with E-state index in [1.807, 2.05) is 53.1 Å². The Morgan fingerprint density at radius 3 is 2.88 bits per heavy atom. The third-order valence-corrected chi connectivity index (χ3v) is 5.35. The molecular weight excluding hydrogens is 368 g/mol. The first-order valence-electron chi connectivity index (χ1n) is 7.96. The molecule has 0 spiro atoms. The number of benzene rings is 2. The normalized spacial score (nSPS) is 11.0. The molecule has 0 aliphatic rings. The van der Waals surface area contributed by atoms with E-state index in [1.165, 1.54) is 0 Å². The van der Waals surface area contributed by atoms with E-state index in [-0.39, 0.29) is 0 Å². The van der Waals surface area contributed by atoms with Crippen LogP contribution in [0.15, 0.2) is 66.2 Å². The zero-order chi connectivity index (χ0) is 17.9. The molecule has 0 radical (unpaired) electrons. The number of para-hydroxylation sites is 2. The predicted molar refractivity (Wildman–Crippen MR) is 104 cm³/mol. The second kappa shape index (κ2) is 7.35. The number of rotatable bonds is 5. The summed E-state index contributed by atoms with van der Waals surface area (Å²) in [6.45, 7) is 0. The molecule has 2 aromatic heterocycles. The second-order valence-corrected chi connectivity index (χ2v) is 6.89. The minimum atomic E-state index is 0.640. The van der Waals surface area contributed by atoms with Crippen molar-refractivity contribution < 1.29 is 4.74 Å². The van der Waals surface area contributed by atoms with Gasteiger partial charge in [-0.1, -0.05) is 47.6 Å². The van der Waals surface area contributed by atoms with Crippen LogP contribution in [0.5, 0.6) is 5.75 Å². The number of thioether (sulfide) groups is 1. The van der Waals surface area contributed by atoms with Crippen molar-refractivity contribution in [2.75, 3.05) is 7.11 Å². The lowest BCUT2D eigenvalue weighted by Crippen LogP contribution is -1.99. The second-order valence-electron chi connectivity index (χ2n) is 5.55. The standard InChI is InChI=1S/C19H15ClN4OS/c1-25-17-7-3-2-6-16(17)24-12-22-23-19(24)26-11-14-15(20)9-8-13-5-4-10-21-18(13)14/h2-10,12H,11H2,1H3. The van der Waals surface area contributed by atoms with Crippen LogP contribution in [0.3, 0.4) is 0 Å². The zero-order valence-electron chi connectivity index (χ0n) is 14.0. The number of nitrogens with zero attached hydrogens (tertiary/aromatic N) is 4. The number of pyridine rings is 1. The first kappa shape index (κ1) is 16.9. The summed E-state index contributed by atoms with van der Waals surface area (Å²) in [5.41, 5.74) is 2.80. The third kappa shape index (κ3) is 3.13. The number of halogens is 1. The molecule has 5 nitrogen and oxygen atoms in total. The SMILES string of the molecule is COc1ccccc1-n1cnnc1SCc1c(Cl)ccc2cccnc12. The van der Waals surface area contributed by atoms with E-state index in [1.54, 1.807) is 31.4 Å². The maximum Gasteiger partial charge on any atom is 0.196 e. The summed E-state index contributed by atoms with van der Waals surface area (Å²) < 4.78 is 7.36. The van der Waals surface area contributed by atoms with E-state index in [0.717, 1.165) is 33.1 Å². The van der Waals surface area contributed by atoms with Gasteiger partial charge in [-0.25, -0.2) is 0 Å². The van der Waals surface area contributed by atoms with Crippen LogP contribution in [0.1, 0.15) is 5.56 Å². The molecule has 0 N–H and O–H groups in total. The molecule has 7 heteroatoms. The van der Waals surface area contributed by atoms with Crippen molar-refractivity contribution in [1.29, 1.82) is 0 Å². The van der Waals surface area contributed by atoms with E-state index in [9.17, 15) is 0 Å². The molecule has 0 aliphatic carbocycles. The molecule has 0 saturated heterocycles. The lowest BCUT2D eigenvalue weighted by molar-refractivity contribution is 0.412. The fourth-order valence-corrected chi connectivity index (χ4v) is 4.03. The van der Waals surface area contributed by atoms with Gasteiger partial charge in [0.15, 0.2) is 5.16 Å². The number of hydrogen-bond acceptors (Lipinski definition) is 5. The summed E-state index contributed by atoms with van der Waals surface area (Å²) in [6.07, 6.45) is 3.47. The van der Waals surface area contributed by atoms with Crippen LogP contribution in [0.4, 0.5) is 0 Å². The van der Waals surface area contributed by atoms with Crippen molar-refractivity contribution in [1.82, 2.24) is 19.7 Å². The van der Waals surface area contributed by atoms with E-state index in [4.69, 9.17) is 16.3 Å². The van der Waals surface area contributed by atoms with Gasteiger partial charge in [0.1, 0.15) is 12.1 Å². The molecule has 0 fully saturated rings. The minimum Gasteiger partial charge on any atom is -0.495 e. The fraction of sp³-hybridized carbons (Fsp3) is 0.105. The number of fused-ring (bicyclic) bond motifs is 1. The van der Waals surface area contributed by atoms with Gasteiger partial charge in [-0.2, -0.15) is 0 Å². The first-order valence-corrected chi connectivity index (χ1v) is 9.32. The Labute approximate surface area is 160 Å². The quantitative estimate of drug-likeness (QED) is 0.465. The summed E-state index contributed by atoms with van der Waals surface area (Å²) in [5, 5.41) is 10.8. The highest BCUT2D eigenvalue weighted by molar-refractivity contribution is 7.98. The highest BCUT2D eigenvalue weighted by Crippen LogP contribution is 2.32. The Morgan fingerprint density at radius 2 is 2.00 bits per heavy atom. The summed E-state index contributed by atoms with van der Waals surface area (Å²) in [6, 6.07) is 15.6. The largest absolute Gasteiger partial charge is 0.495 e. The molecule has 130 valence electrons. The van der Waals surface area contributed by atoms with Gasteiger partial charge in [-0.15, -0.1) is 10.2 Å². The Bertz CT molecular complexity index is 1070. The third-order valence-electron chi connectivity index (χ3n) is 4.03. The highest BCUT2D eigenvalue weighted by Gasteiger charge is 2.14. The van der Waals surface area contributed by atoms with Gasteiger partial charge in [0.25, 0.3) is 0 Å². The molecule has 4 aromatic rings. The molecule has 0 amide bonds. The summed E-state index contributed by atoms with van der Waals surface area (Å²) in [4.78, 5) is 4.49. The lowest BCUT2D eigenvalue weighted by atomic mass is 10.1. The van der Waals surface area contributed by atoms with Gasteiger partial charge in [0, 0.05) is 27.9 Å². The minimum absolute atomic E-state index is 0.640. The Balaban J connectivity index is 1.67. The van der Waals surface area contributed by atoms with Crippen molar-refractivity contribution >= 4 is 34.3 Å². The maximum absolute atomic E-state index is 6.43. The number of hydrogen-bond donors (Lipinski definition) is 0. The molecule has 0 atom stereocenters. The first-order chi connectivity index (χ1) is 12.8. The number of methoxy groups -OCH3 is 1. The van der Waals surface area contributed by atoms with Crippen molar-refractivity contribution in [3.63, 3.8) is 0 Å².